The van der Waals surface area contributed by atoms with Crippen molar-refractivity contribution in [2.45, 2.75) is 18.2 Å². The predicted molar refractivity (Wildman–Crippen MR) is 124 cm³/mol. The molecule has 1 aliphatic heterocycles. The van der Waals surface area contributed by atoms with E-state index in [0.717, 1.165) is 20.4 Å². The molecule has 0 aliphatic carbocycles. The molecule has 0 radical (unpaired) electrons. The molecule has 4 rings (SSSR count). The highest BCUT2D eigenvalue weighted by molar-refractivity contribution is 7.89. The molecule has 1 unspecified atom stereocenters. The molecule has 0 bridgehead atoms. The van der Waals surface area contributed by atoms with Crippen molar-refractivity contribution in [1.29, 1.82) is 0 Å². The number of H-pyrrole nitrogens is 1. The van der Waals surface area contributed by atoms with Gasteiger partial charge in [-0.2, -0.15) is 10.1 Å². The third kappa shape index (κ3) is 4.35. The summed E-state index contributed by atoms with van der Waals surface area (Å²) in [6.07, 6.45) is 3.43. The molecule has 0 spiro atoms. The van der Waals surface area contributed by atoms with Crippen LogP contribution in [-0.2, 0) is 26.0 Å². The van der Waals surface area contributed by atoms with Crippen molar-refractivity contribution < 1.29 is 18.0 Å². The van der Waals surface area contributed by atoms with Crippen molar-refractivity contribution in [3.63, 3.8) is 0 Å². The van der Waals surface area contributed by atoms with Gasteiger partial charge in [0, 0.05) is 38.5 Å². The number of benzene rings is 2. The number of carbonyl (C=O) groups is 2. The van der Waals surface area contributed by atoms with Crippen LogP contribution in [0, 0.1) is 5.92 Å². The molecular weight excluding hydrogens is 442 g/mol. The van der Waals surface area contributed by atoms with Crippen molar-refractivity contribution in [3.8, 4) is 11.4 Å². The zero-order valence-corrected chi connectivity index (χ0v) is 19.2. The molecule has 1 amide bonds. The summed E-state index contributed by atoms with van der Waals surface area (Å²) in [7, 11) is -0.818. The van der Waals surface area contributed by atoms with Crippen LogP contribution in [0.2, 0.25) is 0 Å². The average molecular weight is 466 g/mol. The molecule has 1 aromatic heterocycles. The molecule has 1 N–H and O–H groups in total. The lowest BCUT2D eigenvalue weighted by Gasteiger charge is -2.16. The number of hydrazone groups is 1. The Hall–Kier alpha value is -3.63. The summed E-state index contributed by atoms with van der Waals surface area (Å²) in [5, 5.41) is 5.37. The SMILES string of the molecule is CC1=NN(c2cccc(S(=O)(=O)N(C)C)c2)C(=O)C1C(=O)Cc1cccc(-c2ncc[nH]2)c1. The van der Waals surface area contributed by atoms with Crippen LogP contribution in [0.3, 0.4) is 0 Å². The Bertz CT molecular complexity index is 1350. The lowest BCUT2D eigenvalue weighted by atomic mass is 9.93. The van der Waals surface area contributed by atoms with E-state index in [4.69, 9.17) is 0 Å². The number of nitrogens with zero attached hydrogens (tertiary/aromatic N) is 4. The normalized spacial score (nSPS) is 16.4. The average Bonchev–Trinajstić information content (AvgIpc) is 3.42. The number of hydrogen-bond donors (Lipinski definition) is 1. The number of aromatic amines is 1. The van der Waals surface area contributed by atoms with E-state index in [1.165, 1.54) is 26.2 Å². The third-order valence-electron chi connectivity index (χ3n) is 5.37. The van der Waals surface area contributed by atoms with Gasteiger partial charge in [0.1, 0.15) is 11.7 Å². The van der Waals surface area contributed by atoms with Gasteiger partial charge in [-0.3, -0.25) is 9.59 Å². The van der Waals surface area contributed by atoms with Gasteiger partial charge in [-0.25, -0.2) is 17.7 Å². The number of imidazole rings is 1. The second kappa shape index (κ2) is 8.72. The third-order valence-corrected chi connectivity index (χ3v) is 7.18. The Kier molecular flexibility index (Phi) is 5.96. The zero-order chi connectivity index (χ0) is 23.8. The molecule has 170 valence electrons. The largest absolute Gasteiger partial charge is 0.345 e. The minimum Gasteiger partial charge on any atom is -0.345 e. The Labute approximate surface area is 191 Å². The van der Waals surface area contributed by atoms with Crippen molar-refractivity contribution in [2.75, 3.05) is 19.1 Å². The number of ketones is 1. The van der Waals surface area contributed by atoms with E-state index in [1.807, 2.05) is 24.3 Å². The van der Waals surface area contributed by atoms with Crippen LogP contribution in [-0.4, -0.2) is 54.2 Å². The molecule has 3 aromatic rings. The van der Waals surface area contributed by atoms with Crippen LogP contribution >= 0.6 is 0 Å². The summed E-state index contributed by atoms with van der Waals surface area (Å²) in [6, 6.07) is 13.4. The minimum absolute atomic E-state index is 0.0372. The number of anilines is 1. The van der Waals surface area contributed by atoms with Gasteiger partial charge in [0.2, 0.25) is 10.0 Å². The first kappa shape index (κ1) is 22.6. The van der Waals surface area contributed by atoms with Crippen molar-refractivity contribution >= 4 is 33.1 Å². The summed E-state index contributed by atoms with van der Waals surface area (Å²) < 4.78 is 26.0. The van der Waals surface area contributed by atoms with Gasteiger partial charge in [-0.1, -0.05) is 24.3 Å². The predicted octanol–water partition coefficient (Wildman–Crippen LogP) is 2.48. The lowest BCUT2D eigenvalue weighted by molar-refractivity contribution is -0.128. The van der Waals surface area contributed by atoms with E-state index in [1.54, 1.807) is 31.5 Å². The fraction of sp³-hybridized carbons (Fsp3) is 0.217. The molecule has 2 aromatic carbocycles. The standard InChI is InChI=1S/C23H23N5O4S/c1-15-21(20(29)13-16-6-4-7-17(12-16)22-24-10-11-25-22)23(30)28(26-15)18-8-5-9-19(14-18)33(31,32)27(2)3/h4-12,14,21H,13H2,1-3H3,(H,24,25). The Balaban J connectivity index is 1.55. The number of nitrogens with one attached hydrogen (secondary N) is 1. The van der Waals surface area contributed by atoms with Crippen molar-refractivity contribution in [2.24, 2.45) is 11.0 Å². The molecule has 2 heterocycles. The maximum atomic E-state index is 13.1. The van der Waals surface area contributed by atoms with Crippen LogP contribution in [0.1, 0.15) is 12.5 Å². The van der Waals surface area contributed by atoms with Crippen LogP contribution in [0.15, 0.2) is 70.9 Å². The number of aromatic nitrogens is 2. The Morgan fingerprint density at radius 3 is 2.61 bits per heavy atom. The van der Waals surface area contributed by atoms with E-state index in [0.29, 0.717) is 11.5 Å². The van der Waals surface area contributed by atoms with Gasteiger partial charge in [0.25, 0.3) is 5.91 Å². The van der Waals surface area contributed by atoms with Gasteiger partial charge in [-0.05, 0) is 36.8 Å². The number of amides is 1. The highest BCUT2D eigenvalue weighted by Gasteiger charge is 2.39. The van der Waals surface area contributed by atoms with E-state index < -0.39 is 21.8 Å². The number of hydrogen-bond acceptors (Lipinski definition) is 6. The summed E-state index contributed by atoms with van der Waals surface area (Å²) >= 11 is 0. The van der Waals surface area contributed by atoms with Gasteiger partial charge in [0.05, 0.1) is 16.3 Å². The molecule has 10 heteroatoms. The summed E-state index contributed by atoms with van der Waals surface area (Å²) in [4.78, 5) is 33.5. The first-order chi connectivity index (χ1) is 15.7. The van der Waals surface area contributed by atoms with E-state index >= 15 is 0 Å². The first-order valence-corrected chi connectivity index (χ1v) is 11.7. The van der Waals surface area contributed by atoms with E-state index in [2.05, 4.69) is 15.1 Å². The van der Waals surface area contributed by atoms with Gasteiger partial charge in [-0.15, -0.1) is 0 Å². The Morgan fingerprint density at radius 1 is 1.15 bits per heavy atom. The fourth-order valence-electron chi connectivity index (χ4n) is 3.66. The Morgan fingerprint density at radius 2 is 1.91 bits per heavy atom. The smallest absolute Gasteiger partial charge is 0.263 e. The highest BCUT2D eigenvalue weighted by Crippen LogP contribution is 2.28. The highest BCUT2D eigenvalue weighted by atomic mass is 32.2. The number of sulfonamides is 1. The molecule has 33 heavy (non-hydrogen) atoms. The van der Waals surface area contributed by atoms with Crippen LogP contribution < -0.4 is 5.01 Å². The lowest BCUT2D eigenvalue weighted by Crippen LogP contribution is -2.33. The quantitative estimate of drug-likeness (QED) is 0.538. The van der Waals surface area contributed by atoms with Gasteiger partial charge < -0.3 is 4.98 Å². The number of carbonyl (C=O) groups excluding carboxylic acids is 2. The first-order valence-electron chi connectivity index (χ1n) is 10.2. The molecule has 0 fully saturated rings. The fourth-order valence-corrected chi connectivity index (χ4v) is 4.60. The van der Waals surface area contributed by atoms with Crippen molar-refractivity contribution in [1.82, 2.24) is 14.3 Å². The zero-order valence-electron chi connectivity index (χ0n) is 18.4. The van der Waals surface area contributed by atoms with Crippen molar-refractivity contribution in [3.05, 3.63) is 66.5 Å². The molecular formula is C23H23N5O4S. The van der Waals surface area contributed by atoms with E-state index in [9.17, 15) is 18.0 Å². The van der Waals surface area contributed by atoms with Crippen LogP contribution in [0.5, 0.6) is 0 Å². The summed E-state index contributed by atoms with van der Waals surface area (Å²) in [6.45, 7) is 1.63. The monoisotopic (exact) mass is 465 g/mol. The summed E-state index contributed by atoms with van der Waals surface area (Å²) in [5.41, 5.74) is 2.26. The molecule has 1 atom stereocenters. The topological polar surface area (TPSA) is 116 Å². The number of rotatable bonds is 7. The molecule has 0 saturated heterocycles. The molecule has 9 nitrogen and oxygen atoms in total. The maximum Gasteiger partial charge on any atom is 0.263 e. The molecule has 0 saturated carbocycles. The van der Waals surface area contributed by atoms with Gasteiger partial charge in [0.15, 0.2) is 5.78 Å². The number of Topliss-reactive ketones (excluding diaryl/α,β-unsaturated/α-hetero) is 1. The second-order valence-electron chi connectivity index (χ2n) is 7.89. The molecule has 1 aliphatic rings. The van der Waals surface area contributed by atoms with E-state index in [-0.39, 0.29) is 22.8 Å². The maximum absolute atomic E-state index is 13.1. The summed E-state index contributed by atoms with van der Waals surface area (Å²) in [5.74, 6) is -1.11. The van der Waals surface area contributed by atoms with Crippen LogP contribution in [0.4, 0.5) is 5.69 Å². The van der Waals surface area contributed by atoms with Gasteiger partial charge >= 0.3 is 0 Å². The second-order valence-corrected chi connectivity index (χ2v) is 10.0. The minimum atomic E-state index is -3.68. The van der Waals surface area contributed by atoms with Crippen LogP contribution in [0.25, 0.3) is 11.4 Å².